The Balaban J connectivity index is 1.59. The molecule has 2 aromatic carbocycles. The van der Waals surface area contributed by atoms with Crippen LogP contribution in [0.4, 0.5) is 18.3 Å². The Hall–Kier alpha value is -2.68. The molecule has 0 radical (unpaired) electrons. The molecule has 0 unspecified atom stereocenters. The lowest BCUT2D eigenvalue weighted by atomic mass is 10.1. The Morgan fingerprint density at radius 2 is 1.88 bits per heavy atom. The van der Waals surface area contributed by atoms with Gasteiger partial charge in [-0.25, -0.2) is 0 Å². The summed E-state index contributed by atoms with van der Waals surface area (Å²) in [5.41, 5.74) is 0. The molecule has 9 heteroatoms. The maximum atomic E-state index is 12.4. The van der Waals surface area contributed by atoms with Crippen LogP contribution in [0.1, 0.15) is 5.01 Å². The summed E-state index contributed by atoms with van der Waals surface area (Å²) in [5.74, 6) is -0.134. The Morgan fingerprint density at radius 3 is 2.58 bits per heavy atom. The van der Waals surface area contributed by atoms with Gasteiger partial charge >= 0.3 is 6.18 Å². The van der Waals surface area contributed by atoms with Crippen LogP contribution in [0.25, 0.3) is 10.8 Å². The number of anilines is 1. The first-order valence-corrected chi connectivity index (χ1v) is 7.55. The van der Waals surface area contributed by atoms with E-state index < -0.39 is 17.1 Å². The van der Waals surface area contributed by atoms with E-state index in [0.29, 0.717) is 5.75 Å². The molecule has 0 saturated heterocycles. The Kier molecular flexibility index (Phi) is 4.34. The van der Waals surface area contributed by atoms with Crippen LogP contribution in [0, 0.1) is 0 Å². The second-order valence-corrected chi connectivity index (χ2v) is 5.73. The topological polar surface area (TPSA) is 64.1 Å². The maximum absolute atomic E-state index is 12.4. The van der Waals surface area contributed by atoms with Gasteiger partial charge in [0, 0.05) is 0 Å². The van der Waals surface area contributed by atoms with E-state index >= 15 is 0 Å². The molecular formula is C15H10F3N3O2S. The number of nitrogens with one attached hydrogen (secondary N) is 1. The van der Waals surface area contributed by atoms with E-state index in [1.807, 2.05) is 30.3 Å². The molecule has 0 spiro atoms. The van der Waals surface area contributed by atoms with Crippen molar-refractivity contribution in [3.8, 4) is 5.75 Å². The van der Waals surface area contributed by atoms with Crippen molar-refractivity contribution in [2.45, 2.75) is 6.18 Å². The molecule has 0 fully saturated rings. The third-order valence-electron chi connectivity index (χ3n) is 3.00. The zero-order chi connectivity index (χ0) is 17.2. The number of hydrogen-bond donors (Lipinski definition) is 1. The zero-order valence-electron chi connectivity index (χ0n) is 12.0. The number of amides is 1. The summed E-state index contributed by atoms with van der Waals surface area (Å²) in [6.45, 7) is -0.348. The van der Waals surface area contributed by atoms with Crippen LogP contribution in [0.15, 0.2) is 42.5 Å². The van der Waals surface area contributed by atoms with Gasteiger partial charge in [-0.15, -0.1) is 10.2 Å². The molecule has 0 saturated carbocycles. The molecule has 0 aliphatic heterocycles. The third kappa shape index (κ3) is 3.80. The highest BCUT2D eigenvalue weighted by Gasteiger charge is 2.35. The zero-order valence-corrected chi connectivity index (χ0v) is 12.8. The van der Waals surface area contributed by atoms with Crippen molar-refractivity contribution in [1.29, 1.82) is 0 Å². The van der Waals surface area contributed by atoms with E-state index in [0.717, 1.165) is 10.8 Å². The van der Waals surface area contributed by atoms with Crippen molar-refractivity contribution in [2.75, 3.05) is 11.9 Å². The van der Waals surface area contributed by atoms with Crippen molar-refractivity contribution in [2.24, 2.45) is 0 Å². The number of aromatic nitrogens is 2. The molecular weight excluding hydrogens is 343 g/mol. The Morgan fingerprint density at radius 1 is 1.12 bits per heavy atom. The summed E-state index contributed by atoms with van der Waals surface area (Å²) in [5, 5.41) is 9.12. The minimum atomic E-state index is -4.58. The highest BCUT2D eigenvalue weighted by molar-refractivity contribution is 7.15. The van der Waals surface area contributed by atoms with Crippen LogP contribution in [0.3, 0.4) is 0 Å². The molecule has 1 amide bonds. The van der Waals surface area contributed by atoms with E-state index in [-0.39, 0.29) is 23.1 Å². The van der Waals surface area contributed by atoms with Crippen molar-refractivity contribution in [1.82, 2.24) is 10.2 Å². The van der Waals surface area contributed by atoms with Gasteiger partial charge < -0.3 is 4.74 Å². The van der Waals surface area contributed by atoms with Crippen LogP contribution >= 0.6 is 11.3 Å². The highest BCUT2D eigenvalue weighted by atomic mass is 32.1. The fourth-order valence-corrected chi connectivity index (χ4v) is 2.58. The van der Waals surface area contributed by atoms with Crippen LogP contribution in [-0.2, 0) is 11.0 Å². The lowest BCUT2D eigenvalue weighted by Crippen LogP contribution is -2.20. The monoisotopic (exact) mass is 353 g/mol. The number of halogens is 3. The minimum Gasteiger partial charge on any atom is -0.484 e. The normalized spacial score (nSPS) is 11.5. The van der Waals surface area contributed by atoms with Gasteiger partial charge in [0.25, 0.3) is 5.91 Å². The average Bonchev–Trinajstić information content (AvgIpc) is 3.01. The summed E-state index contributed by atoms with van der Waals surface area (Å²) in [6, 6.07) is 13.0. The number of carbonyl (C=O) groups is 1. The minimum absolute atomic E-state index is 0.227. The summed E-state index contributed by atoms with van der Waals surface area (Å²) in [4.78, 5) is 11.7. The van der Waals surface area contributed by atoms with E-state index in [9.17, 15) is 18.0 Å². The standard InChI is InChI=1S/C15H10F3N3O2S/c16-15(17,18)13-20-21-14(24-13)19-12(22)8-23-11-6-5-9-3-1-2-4-10(9)7-11/h1-7H,8H2,(H,19,21,22). The fourth-order valence-electron chi connectivity index (χ4n) is 1.95. The van der Waals surface area contributed by atoms with E-state index in [1.165, 1.54) is 0 Å². The summed E-state index contributed by atoms with van der Waals surface area (Å²) in [7, 11) is 0. The van der Waals surface area contributed by atoms with Gasteiger partial charge in [0.05, 0.1) is 0 Å². The molecule has 1 N–H and O–H groups in total. The number of rotatable bonds is 4. The molecule has 0 atom stereocenters. The quantitative estimate of drug-likeness (QED) is 0.776. The molecule has 124 valence electrons. The molecule has 0 aliphatic carbocycles. The van der Waals surface area contributed by atoms with E-state index in [1.54, 1.807) is 12.1 Å². The number of ether oxygens (including phenoxy) is 1. The number of fused-ring (bicyclic) bond motifs is 1. The largest absolute Gasteiger partial charge is 0.484 e. The summed E-state index contributed by atoms with van der Waals surface area (Å²) >= 11 is 0.257. The van der Waals surface area contributed by atoms with Gasteiger partial charge in [-0.1, -0.05) is 41.7 Å². The number of alkyl halides is 3. The van der Waals surface area contributed by atoms with Crippen LogP contribution < -0.4 is 10.1 Å². The lowest BCUT2D eigenvalue weighted by Gasteiger charge is -2.06. The molecule has 0 bridgehead atoms. The van der Waals surface area contributed by atoms with Gasteiger partial charge in [-0.3, -0.25) is 10.1 Å². The first kappa shape index (κ1) is 16.2. The molecule has 24 heavy (non-hydrogen) atoms. The molecule has 1 aromatic heterocycles. The van der Waals surface area contributed by atoms with Crippen LogP contribution in [-0.4, -0.2) is 22.7 Å². The predicted molar refractivity (Wildman–Crippen MR) is 83.0 cm³/mol. The smallest absolute Gasteiger partial charge is 0.445 e. The number of carbonyl (C=O) groups excluding carboxylic acids is 1. The van der Waals surface area contributed by atoms with Crippen LogP contribution in [0.5, 0.6) is 5.75 Å². The molecule has 0 aliphatic rings. The molecule has 1 heterocycles. The van der Waals surface area contributed by atoms with Crippen molar-refractivity contribution >= 4 is 33.1 Å². The molecule has 3 aromatic rings. The van der Waals surface area contributed by atoms with Gasteiger partial charge in [0.2, 0.25) is 10.1 Å². The Labute approximate surface area is 138 Å². The molecule has 3 rings (SSSR count). The second kappa shape index (κ2) is 6.44. The highest BCUT2D eigenvalue weighted by Crippen LogP contribution is 2.32. The van der Waals surface area contributed by atoms with Crippen LogP contribution in [0.2, 0.25) is 0 Å². The van der Waals surface area contributed by atoms with Gasteiger partial charge in [-0.2, -0.15) is 13.2 Å². The van der Waals surface area contributed by atoms with E-state index in [4.69, 9.17) is 4.74 Å². The van der Waals surface area contributed by atoms with Crippen molar-refractivity contribution in [3.05, 3.63) is 47.5 Å². The lowest BCUT2D eigenvalue weighted by molar-refractivity contribution is -0.138. The third-order valence-corrected chi connectivity index (χ3v) is 3.89. The fraction of sp³-hybridized carbons (Fsp3) is 0.133. The first-order chi connectivity index (χ1) is 11.4. The Bertz CT molecular complexity index is 880. The van der Waals surface area contributed by atoms with Gasteiger partial charge in [-0.05, 0) is 22.9 Å². The van der Waals surface area contributed by atoms with Gasteiger partial charge in [0.1, 0.15) is 5.75 Å². The maximum Gasteiger partial charge on any atom is 0.445 e. The number of hydrogen-bond acceptors (Lipinski definition) is 5. The second-order valence-electron chi connectivity index (χ2n) is 4.76. The average molecular weight is 353 g/mol. The first-order valence-electron chi connectivity index (χ1n) is 6.74. The molecule has 5 nitrogen and oxygen atoms in total. The summed E-state index contributed by atoms with van der Waals surface area (Å²) in [6.07, 6.45) is -4.58. The van der Waals surface area contributed by atoms with Crippen molar-refractivity contribution < 1.29 is 22.7 Å². The predicted octanol–water partition coefficient (Wildman–Crippen LogP) is 3.73. The number of benzene rings is 2. The summed E-state index contributed by atoms with van der Waals surface area (Å²) < 4.78 is 42.6. The van der Waals surface area contributed by atoms with E-state index in [2.05, 4.69) is 15.5 Å². The van der Waals surface area contributed by atoms with Crippen molar-refractivity contribution in [3.63, 3.8) is 0 Å². The SMILES string of the molecule is O=C(COc1ccc2ccccc2c1)Nc1nnc(C(F)(F)F)s1. The number of nitrogens with zero attached hydrogens (tertiary/aromatic N) is 2. The van der Waals surface area contributed by atoms with Gasteiger partial charge in [0.15, 0.2) is 6.61 Å².